The Bertz CT molecular complexity index is 954. The van der Waals surface area contributed by atoms with Crippen molar-refractivity contribution >= 4 is 22.5 Å². The Morgan fingerprint density at radius 1 is 1.28 bits per heavy atom. The molecule has 0 bridgehead atoms. The van der Waals surface area contributed by atoms with Crippen molar-refractivity contribution in [3.8, 4) is 0 Å². The number of carbonyl (C=O) groups is 1. The highest BCUT2D eigenvalue weighted by molar-refractivity contribution is 5.90. The number of rotatable bonds is 3. The number of carbonyl (C=O) groups excluding carboxylic acids is 1. The molecule has 4 heteroatoms. The minimum atomic E-state index is 0.193. The third kappa shape index (κ3) is 3.20. The van der Waals surface area contributed by atoms with E-state index in [2.05, 4.69) is 35.1 Å². The second kappa shape index (κ2) is 6.55. The molecule has 3 aromatic rings. The highest BCUT2D eigenvalue weighted by Gasteiger charge is 2.19. The standard InChI is InChI=1S/C21H21N3O/c1-15-4-2-5-16(12-15)13-20(25)24-10-7-17(8-11-24)18-14-23-19-6-3-9-22-21(18)19/h2-7,9,12,14,23H,8,10-11,13H2,1H3. The van der Waals surface area contributed by atoms with E-state index in [1.165, 1.54) is 11.1 Å². The minimum Gasteiger partial charge on any atom is -0.359 e. The normalized spacial score (nSPS) is 14.6. The van der Waals surface area contributed by atoms with E-state index in [4.69, 9.17) is 0 Å². The molecule has 1 aromatic carbocycles. The second-order valence-electron chi connectivity index (χ2n) is 6.59. The van der Waals surface area contributed by atoms with Crippen LogP contribution in [0.2, 0.25) is 0 Å². The first kappa shape index (κ1) is 15.6. The minimum absolute atomic E-state index is 0.193. The van der Waals surface area contributed by atoms with Crippen LogP contribution < -0.4 is 0 Å². The first-order valence-corrected chi connectivity index (χ1v) is 8.65. The Hall–Kier alpha value is -2.88. The molecule has 0 saturated heterocycles. The van der Waals surface area contributed by atoms with Gasteiger partial charge in [0.15, 0.2) is 0 Å². The molecule has 0 saturated carbocycles. The highest BCUT2D eigenvalue weighted by atomic mass is 16.2. The summed E-state index contributed by atoms with van der Waals surface area (Å²) in [5, 5.41) is 0. The molecule has 1 N–H and O–H groups in total. The SMILES string of the molecule is Cc1cccc(CC(=O)N2CC=C(c3c[nH]c4cccnc34)CC2)c1. The van der Waals surface area contributed by atoms with Crippen LogP contribution in [0.25, 0.3) is 16.6 Å². The molecule has 4 rings (SSSR count). The molecular weight excluding hydrogens is 310 g/mol. The summed E-state index contributed by atoms with van der Waals surface area (Å²) < 4.78 is 0. The quantitative estimate of drug-likeness (QED) is 0.795. The van der Waals surface area contributed by atoms with E-state index in [0.29, 0.717) is 13.0 Å². The summed E-state index contributed by atoms with van der Waals surface area (Å²) in [5.41, 5.74) is 6.76. The van der Waals surface area contributed by atoms with Gasteiger partial charge in [-0.05, 0) is 36.6 Å². The fraction of sp³-hybridized carbons (Fsp3) is 0.238. The summed E-state index contributed by atoms with van der Waals surface area (Å²) in [6.45, 7) is 3.48. The Labute approximate surface area is 147 Å². The smallest absolute Gasteiger partial charge is 0.227 e. The van der Waals surface area contributed by atoms with Gasteiger partial charge in [-0.3, -0.25) is 9.78 Å². The topological polar surface area (TPSA) is 49.0 Å². The molecule has 0 spiro atoms. The number of aryl methyl sites for hydroxylation is 1. The number of aromatic nitrogens is 2. The van der Waals surface area contributed by atoms with E-state index in [0.717, 1.165) is 35.1 Å². The van der Waals surface area contributed by atoms with E-state index in [9.17, 15) is 4.79 Å². The predicted molar refractivity (Wildman–Crippen MR) is 100 cm³/mol. The van der Waals surface area contributed by atoms with Gasteiger partial charge in [-0.15, -0.1) is 0 Å². The van der Waals surface area contributed by atoms with Crippen LogP contribution in [-0.2, 0) is 11.2 Å². The number of pyridine rings is 1. The monoisotopic (exact) mass is 331 g/mol. The molecular formula is C21H21N3O. The summed E-state index contributed by atoms with van der Waals surface area (Å²) >= 11 is 0. The summed E-state index contributed by atoms with van der Waals surface area (Å²) in [5.74, 6) is 0.193. The summed E-state index contributed by atoms with van der Waals surface area (Å²) in [6, 6.07) is 12.1. The lowest BCUT2D eigenvalue weighted by Gasteiger charge is -2.26. The molecule has 126 valence electrons. The van der Waals surface area contributed by atoms with Crippen molar-refractivity contribution in [1.29, 1.82) is 0 Å². The fourth-order valence-corrected chi connectivity index (χ4v) is 3.45. The van der Waals surface area contributed by atoms with Crippen LogP contribution in [0.5, 0.6) is 0 Å². The van der Waals surface area contributed by atoms with Crippen molar-refractivity contribution in [2.24, 2.45) is 0 Å². The Morgan fingerprint density at radius 2 is 2.20 bits per heavy atom. The van der Waals surface area contributed by atoms with E-state index in [1.807, 2.05) is 41.6 Å². The maximum Gasteiger partial charge on any atom is 0.227 e. The first-order chi connectivity index (χ1) is 12.2. The third-order valence-electron chi connectivity index (χ3n) is 4.78. The zero-order valence-corrected chi connectivity index (χ0v) is 14.3. The largest absolute Gasteiger partial charge is 0.359 e. The number of nitrogens with one attached hydrogen (secondary N) is 1. The van der Waals surface area contributed by atoms with Crippen LogP contribution >= 0.6 is 0 Å². The van der Waals surface area contributed by atoms with Crippen LogP contribution in [0, 0.1) is 6.92 Å². The van der Waals surface area contributed by atoms with Crippen LogP contribution in [0.15, 0.2) is 54.9 Å². The van der Waals surface area contributed by atoms with E-state index >= 15 is 0 Å². The van der Waals surface area contributed by atoms with Gasteiger partial charge in [0.1, 0.15) is 0 Å². The Kier molecular flexibility index (Phi) is 4.10. The van der Waals surface area contributed by atoms with Crippen LogP contribution in [-0.4, -0.2) is 33.9 Å². The molecule has 1 amide bonds. The number of benzene rings is 1. The Balaban J connectivity index is 1.47. The van der Waals surface area contributed by atoms with Gasteiger partial charge in [0.2, 0.25) is 5.91 Å². The van der Waals surface area contributed by atoms with E-state index < -0.39 is 0 Å². The number of H-pyrrole nitrogens is 1. The van der Waals surface area contributed by atoms with Crippen LogP contribution in [0.3, 0.4) is 0 Å². The van der Waals surface area contributed by atoms with Gasteiger partial charge in [0.25, 0.3) is 0 Å². The van der Waals surface area contributed by atoms with Crippen LogP contribution in [0.1, 0.15) is 23.1 Å². The summed E-state index contributed by atoms with van der Waals surface area (Å²) in [4.78, 5) is 22.3. The predicted octanol–water partition coefficient (Wildman–Crippen LogP) is 3.73. The van der Waals surface area contributed by atoms with Gasteiger partial charge in [-0.2, -0.15) is 0 Å². The number of hydrogen-bond donors (Lipinski definition) is 1. The second-order valence-corrected chi connectivity index (χ2v) is 6.59. The zero-order chi connectivity index (χ0) is 17.2. The van der Waals surface area contributed by atoms with E-state index in [-0.39, 0.29) is 5.91 Å². The number of fused-ring (bicyclic) bond motifs is 1. The maximum atomic E-state index is 12.6. The third-order valence-corrected chi connectivity index (χ3v) is 4.78. The molecule has 2 aromatic heterocycles. The van der Waals surface area contributed by atoms with Gasteiger partial charge >= 0.3 is 0 Å². The molecule has 4 nitrogen and oxygen atoms in total. The number of nitrogens with zero attached hydrogens (tertiary/aromatic N) is 2. The van der Waals surface area contributed by atoms with Gasteiger partial charge in [-0.25, -0.2) is 0 Å². The van der Waals surface area contributed by atoms with Gasteiger partial charge in [0.05, 0.1) is 17.5 Å². The van der Waals surface area contributed by atoms with Gasteiger partial charge in [0, 0.05) is 31.0 Å². The van der Waals surface area contributed by atoms with Crippen molar-refractivity contribution in [2.45, 2.75) is 19.8 Å². The molecule has 0 aliphatic carbocycles. The molecule has 25 heavy (non-hydrogen) atoms. The lowest BCUT2D eigenvalue weighted by atomic mass is 10.0. The van der Waals surface area contributed by atoms with E-state index in [1.54, 1.807) is 0 Å². The van der Waals surface area contributed by atoms with Gasteiger partial charge < -0.3 is 9.88 Å². The fourth-order valence-electron chi connectivity index (χ4n) is 3.45. The molecule has 0 unspecified atom stereocenters. The molecule has 0 radical (unpaired) electrons. The maximum absolute atomic E-state index is 12.6. The molecule has 0 fully saturated rings. The average molecular weight is 331 g/mol. The lowest BCUT2D eigenvalue weighted by Crippen LogP contribution is -2.35. The van der Waals surface area contributed by atoms with Crippen molar-refractivity contribution in [2.75, 3.05) is 13.1 Å². The zero-order valence-electron chi connectivity index (χ0n) is 14.3. The van der Waals surface area contributed by atoms with Crippen molar-refractivity contribution in [3.63, 3.8) is 0 Å². The number of aromatic amines is 1. The lowest BCUT2D eigenvalue weighted by molar-refractivity contribution is -0.130. The Morgan fingerprint density at radius 3 is 3.00 bits per heavy atom. The summed E-state index contributed by atoms with van der Waals surface area (Å²) in [6.07, 6.45) is 7.34. The molecule has 1 aliphatic heterocycles. The molecule has 0 atom stereocenters. The summed E-state index contributed by atoms with van der Waals surface area (Å²) in [7, 11) is 0. The average Bonchev–Trinajstić information content (AvgIpc) is 3.06. The van der Waals surface area contributed by atoms with Crippen LogP contribution in [0.4, 0.5) is 0 Å². The van der Waals surface area contributed by atoms with Crippen molar-refractivity contribution in [1.82, 2.24) is 14.9 Å². The highest BCUT2D eigenvalue weighted by Crippen LogP contribution is 2.28. The first-order valence-electron chi connectivity index (χ1n) is 8.65. The molecule has 3 heterocycles. The van der Waals surface area contributed by atoms with Crippen molar-refractivity contribution in [3.05, 3.63) is 71.6 Å². The van der Waals surface area contributed by atoms with Gasteiger partial charge in [-0.1, -0.05) is 35.9 Å². The number of amides is 1. The number of hydrogen-bond acceptors (Lipinski definition) is 2. The molecule has 1 aliphatic rings. The van der Waals surface area contributed by atoms with Crippen molar-refractivity contribution < 1.29 is 4.79 Å².